The molecule has 0 aliphatic carbocycles. The van der Waals surface area contributed by atoms with E-state index in [-0.39, 0.29) is 37.6 Å². The minimum atomic E-state index is -0.917. The fourth-order valence-corrected chi connectivity index (χ4v) is 3.49. The highest BCUT2D eigenvalue weighted by Gasteiger charge is 2.48. The summed E-state index contributed by atoms with van der Waals surface area (Å²) in [5.74, 6) is -0.189. The van der Waals surface area contributed by atoms with Crippen LogP contribution in [-0.4, -0.2) is 40.3 Å². The third kappa shape index (κ3) is 4.32. The van der Waals surface area contributed by atoms with E-state index in [0.717, 1.165) is 11.1 Å². The molecule has 3 aromatic rings. The zero-order valence-corrected chi connectivity index (χ0v) is 17.8. The summed E-state index contributed by atoms with van der Waals surface area (Å²) in [7, 11) is 0. The molecule has 0 unspecified atom stereocenters. The smallest absolute Gasteiger partial charge is 0.241 e. The van der Waals surface area contributed by atoms with E-state index in [2.05, 4.69) is 15.3 Å². The molecule has 1 saturated heterocycles. The Kier molecular flexibility index (Phi) is 6.16. The van der Waals surface area contributed by atoms with Crippen LogP contribution in [0.2, 0.25) is 0 Å². The number of aromatic nitrogens is 2. The van der Waals surface area contributed by atoms with Gasteiger partial charge in [-0.15, -0.1) is 0 Å². The Bertz CT molecular complexity index is 1100. The predicted molar refractivity (Wildman–Crippen MR) is 117 cm³/mol. The zero-order chi connectivity index (χ0) is 22.7. The second-order valence-corrected chi connectivity index (χ2v) is 7.97. The molecule has 1 aromatic carbocycles. The minimum Gasteiger partial charge on any atom is -0.475 e. The highest BCUT2D eigenvalue weighted by molar-refractivity contribution is 5.99. The van der Waals surface area contributed by atoms with E-state index in [1.807, 2.05) is 19.9 Å². The van der Waals surface area contributed by atoms with Crippen molar-refractivity contribution in [2.75, 3.05) is 18.5 Å². The van der Waals surface area contributed by atoms with Gasteiger partial charge in [0.2, 0.25) is 11.8 Å². The van der Waals surface area contributed by atoms with Crippen molar-refractivity contribution in [2.24, 2.45) is 0 Å². The van der Waals surface area contributed by atoms with Crippen LogP contribution < -0.4 is 10.1 Å². The van der Waals surface area contributed by atoms with Crippen LogP contribution in [0, 0.1) is 5.82 Å². The molecular formula is C24H24FN3O4. The average molecular weight is 437 g/mol. The maximum Gasteiger partial charge on any atom is 0.241 e. The van der Waals surface area contributed by atoms with Crippen molar-refractivity contribution < 1.29 is 23.8 Å². The van der Waals surface area contributed by atoms with Crippen LogP contribution >= 0.6 is 0 Å². The van der Waals surface area contributed by atoms with Gasteiger partial charge < -0.3 is 19.9 Å². The van der Waals surface area contributed by atoms with Crippen LogP contribution in [0.4, 0.5) is 10.1 Å². The van der Waals surface area contributed by atoms with E-state index >= 15 is 0 Å². The normalized spacial score (nSPS) is 14.7. The standard InChI is InChI=1S/C24H24FN3O4/c1-15(2)32-22-9-17(12-29)20(11-27-22)16-3-8-21(26-10-16)24(13-31-14-24)23(30)28-19-6-4-18(25)5-7-19/h3-11,15,29H,12-14H2,1-2H3,(H,28,30). The van der Waals surface area contributed by atoms with E-state index in [0.29, 0.717) is 22.8 Å². The number of halogens is 1. The van der Waals surface area contributed by atoms with Gasteiger partial charge in [-0.25, -0.2) is 9.37 Å². The van der Waals surface area contributed by atoms with Crippen LogP contribution in [-0.2, 0) is 21.6 Å². The topological polar surface area (TPSA) is 93.6 Å². The summed E-state index contributed by atoms with van der Waals surface area (Å²) < 4.78 is 24.1. The van der Waals surface area contributed by atoms with Gasteiger partial charge in [0.15, 0.2) is 0 Å². The molecular weight excluding hydrogens is 413 g/mol. The minimum absolute atomic E-state index is 0.0252. The van der Waals surface area contributed by atoms with Crippen LogP contribution in [0.25, 0.3) is 11.1 Å². The molecule has 1 fully saturated rings. The lowest BCUT2D eigenvalue weighted by molar-refractivity contribution is -0.140. The van der Waals surface area contributed by atoms with Crippen LogP contribution in [0.3, 0.4) is 0 Å². The van der Waals surface area contributed by atoms with E-state index in [4.69, 9.17) is 9.47 Å². The van der Waals surface area contributed by atoms with Crippen molar-refractivity contribution in [1.29, 1.82) is 0 Å². The van der Waals surface area contributed by atoms with E-state index < -0.39 is 5.41 Å². The highest BCUT2D eigenvalue weighted by atomic mass is 19.1. The number of carbonyl (C=O) groups is 1. The van der Waals surface area contributed by atoms with Gasteiger partial charge in [-0.3, -0.25) is 9.78 Å². The van der Waals surface area contributed by atoms with Crippen molar-refractivity contribution in [3.63, 3.8) is 0 Å². The molecule has 0 atom stereocenters. The second kappa shape index (κ2) is 9.02. The molecule has 1 amide bonds. The highest BCUT2D eigenvalue weighted by Crippen LogP contribution is 2.34. The number of benzene rings is 1. The fourth-order valence-electron chi connectivity index (χ4n) is 3.49. The average Bonchev–Trinajstić information content (AvgIpc) is 2.75. The number of anilines is 1. The molecule has 0 radical (unpaired) electrons. The Balaban J connectivity index is 1.57. The number of hydrogen-bond donors (Lipinski definition) is 2. The van der Waals surface area contributed by atoms with Crippen LogP contribution in [0.1, 0.15) is 25.1 Å². The summed E-state index contributed by atoms with van der Waals surface area (Å²) >= 11 is 0. The Morgan fingerprint density at radius 2 is 1.94 bits per heavy atom. The maximum absolute atomic E-state index is 13.1. The number of nitrogens with one attached hydrogen (secondary N) is 1. The molecule has 32 heavy (non-hydrogen) atoms. The number of ether oxygens (including phenoxy) is 2. The number of amides is 1. The number of aliphatic hydroxyl groups is 1. The predicted octanol–water partition coefficient (Wildman–Crippen LogP) is 3.47. The Morgan fingerprint density at radius 1 is 1.19 bits per heavy atom. The van der Waals surface area contributed by atoms with Crippen LogP contribution in [0.5, 0.6) is 5.88 Å². The van der Waals surface area contributed by atoms with Crippen molar-refractivity contribution in [3.05, 3.63) is 71.9 Å². The number of aliphatic hydroxyl groups excluding tert-OH is 1. The second-order valence-electron chi connectivity index (χ2n) is 7.97. The number of pyridine rings is 2. The first-order valence-electron chi connectivity index (χ1n) is 10.3. The zero-order valence-electron chi connectivity index (χ0n) is 17.8. The third-order valence-electron chi connectivity index (χ3n) is 5.29. The molecule has 0 bridgehead atoms. The molecule has 3 heterocycles. The van der Waals surface area contributed by atoms with Gasteiger partial charge >= 0.3 is 0 Å². The molecule has 1 aliphatic rings. The molecule has 7 nitrogen and oxygen atoms in total. The molecule has 1 aliphatic heterocycles. The molecule has 2 N–H and O–H groups in total. The lowest BCUT2D eigenvalue weighted by Gasteiger charge is -2.39. The summed E-state index contributed by atoms with van der Waals surface area (Å²) in [6, 6.07) is 10.9. The molecule has 4 rings (SSSR count). The molecule has 0 saturated carbocycles. The van der Waals surface area contributed by atoms with Gasteiger partial charge in [-0.05, 0) is 49.7 Å². The van der Waals surface area contributed by atoms with E-state index in [1.165, 1.54) is 24.3 Å². The molecule has 166 valence electrons. The largest absolute Gasteiger partial charge is 0.475 e. The van der Waals surface area contributed by atoms with Gasteiger partial charge in [0.1, 0.15) is 11.2 Å². The Hall–Kier alpha value is -3.36. The molecule has 8 heteroatoms. The monoisotopic (exact) mass is 437 g/mol. The Labute approximate surface area is 185 Å². The quantitative estimate of drug-likeness (QED) is 0.588. The number of hydrogen-bond acceptors (Lipinski definition) is 6. The third-order valence-corrected chi connectivity index (χ3v) is 5.29. The van der Waals surface area contributed by atoms with Gasteiger partial charge in [0.05, 0.1) is 31.6 Å². The van der Waals surface area contributed by atoms with Gasteiger partial charge in [0, 0.05) is 35.3 Å². The first-order chi connectivity index (χ1) is 15.4. The van der Waals surface area contributed by atoms with Crippen LogP contribution in [0.15, 0.2) is 54.9 Å². The van der Waals surface area contributed by atoms with Gasteiger partial charge in [0.25, 0.3) is 0 Å². The first-order valence-corrected chi connectivity index (χ1v) is 10.3. The lowest BCUT2D eigenvalue weighted by Crippen LogP contribution is -2.56. The van der Waals surface area contributed by atoms with Gasteiger partial charge in [-0.1, -0.05) is 6.07 Å². The number of rotatable bonds is 7. The van der Waals surface area contributed by atoms with E-state index in [1.54, 1.807) is 24.5 Å². The Morgan fingerprint density at radius 3 is 2.50 bits per heavy atom. The summed E-state index contributed by atoms with van der Waals surface area (Å²) in [5.41, 5.74) is 2.32. The summed E-state index contributed by atoms with van der Waals surface area (Å²) in [4.78, 5) is 21.8. The maximum atomic E-state index is 13.1. The summed E-state index contributed by atoms with van der Waals surface area (Å²) in [6.45, 7) is 4.05. The first kappa shape index (κ1) is 21.9. The van der Waals surface area contributed by atoms with Gasteiger partial charge in [-0.2, -0.15) is 0 Å². The van der Waals surface area contributed by atoms with Crippen molar-refractivity contribution >= 4 is 11.6 Å². The van der Waals surface area contributed by atoms with E-state index in [9.17, 15) is 14.3 Å². The number of carbonyl (C=O) groups excluding carboxylic acids is 1. The number of nitrogens with zero attached hydrogens (tertiary/aromatic N) is 2. The SMILES string of the molecule is CC(C)Oc1cc(CO)c(-c2ccc(C3(C(=O)Nc4ccc(F)cc4)COC3)nc2)cn1. The summed E-state index contributed by atoms with van der Waals surface area (Å²) in [6.07, 6.45) is 3.27. The lowest BCUT2D eigenvalue weighted by atomic mass is 9.80. The summed E-state index contributed by atoms with van der Waals surface area (Å²) in [5, 5.41) is 12.6. The molecule has 2 aromatic heterocycles. The van der Waals surface area contributed by atoms with Crippen molar-refractivity contribution in [1.82, 2.24) is 9.97 Å². The molecule has 0 spiro atoms. The van der Waals surface area contributed by atoms with Crippen molar-refractivity contribution in [2.45, 2.75) is 32.0 Å². The fraction of sp³-hybridized carbons (Fsp3) is 0.292. The van der Waals surface area contributed by atoms with Crippen molar-refractivity contribution in [3.8, 4) is 17.0 Å².